The summed E-state index contributed by atoms with van der Waals surface area (Å²) in [7, 11) is 0. The van der Waals surface area contributed by atoms with Crippen LogP contribution in [0.3, 0.4) is 0 Å². The molecule has 0 radical (unpaired) electrons. The Hall–Kier alpha value is -0.640. The minimum atomic E-state index is 0.321. The van der Waals surface area contributed by atoms with Crippen molar-refractivity contribution in [2.24, 2.45) is 5.41 Å². The maximum Gasteiger partial charge on any atom is 0.144 e. The fourth-order valence-corrected chi connectivity index (χ4v) is 1.89. The fraction of sp³-hybridized carbons (Fsp3) is 0.714. The lowest BCUT2D eigenvalue weighted by molar-refractivity contribution is 0.374. The van der Waals surface area contributed by atoms with E-state index in [-0.39, 0.29) is 0 Å². The molecule has 1 heterocycles. The first-order valence-electron chi connectivity index (χ1n) is 6.60. The molecule has 0 unspecified atom stereocenters. The van der Waals surface area contributed by atoms with E-state index in [0.717, 1.165) is 47.6 Å². The van der Waals surface area contributed by atoms with Gasteiger partial charge in [0.25, 0.3) is 0 Å². The van der Waals surface area contributed by atoms with Crippen molar-refractivity contribution in [3.05, 3.63) is 16.0 Å². The quantitative estimate of drug-likeness (QED) is 0.878. The van der Waals surface area contributed by atoms with E-state index >= 15 is 0 Å². The van der Waals surface area contributed by atoms with Crippen LogP contribution in [0.2, 0.25) is 0 Å². The smallest absolute Gasteiger partial charge is 0.144 e. The molecule has 18 heavy (non-hydrogen) atoms. The van der Waals surface area contributed by atoms with Crippen LogP contribution in [0.25, 0.3) is 0 Å². The highest BCUT2D eigenvalue weighted by molar-refractivity contribution is 9.10. The lowest BCUT2D eigenvalue weighted by Gasteiger charge is -2.18. The number of hydrogen-bond acceptors (Lipinski definition) is 3. The van der Waals surface area contributed by atoms with Gasteiger partial charge < -0.3 is 5.32 Å². The van der Waals surface area contributed by atoms with E-state index in [1.54, 1.807) is 0 Å². The summed E-state index contributed by atoms with van der Waals surface area (Å²) in [5, 5.41) is 3.34. The Labute approximate surface area is 119 Å². The van der Waals surface area contributed by atoms with Crippen molar-refractivity contribution in [1.29, 1.82) is 0 Å². The Balaban J connectivity index is 2.83. The van der Waals surface area contributed by atoms with E-state index in [0.29, 0.717) is 5.41 Å². The molecule has 1 N–H and O–H groups in total. The second-order valence-corrected chi connectivity index (χ2v) is 6.67. The third-order valence-corrected chi connectivity index (χ3v) is 3.65. The van der Waals surface area contributed by atoms with E-state index in [2.05, 4.69) is 58.9 Å². The summed E-state index contributed by atoms with van der Waals surface area (Å²) >= 11 is 3.55. The number of nitrogens with one attached hydrogen (secondary N) is 1. The highest BCUT2D eigenvalue weighted by Gasteiger charge is 2.13. The van der Waals surface area contributed by atoms with E-state index in [9.17, 15) is 0 Å². The largest absolute Gasteiger partial charge is 0.369 e. The van der Waals surface area contributed by atoms with Gasteiger partial charge in [-0.2, -0.15) is 0 Å². The Morgan fingerprint density at radius 1 is 1.22 bits per heavy atom. The van der Waals surface area contributed by atoms with Gasteiger partial charge in [-0.25, -0.2) is 9.97 Å². The van der Waals surface area contributed by atoms with Crippen LogP contribution < -0.4 is 5.32 Å². The Morgan fingerprint density at radius 2 is 1.89 bits per heavy atom. The first-order chi connectivity index (χ1) is 8.33. The van der Waals surface area contributed by atoms with Crippen LogP contribution in [0.15, 0.2) is 4.47 Å². The molecule has 0 saturated heterocycles. The van der Waals surface area contributed by atoms with Crippen molar-refractivity contribution in [3.8, 4) is 0 Å². The van der Waals surface area contributed by atoms with Crippen LogP contribution in [0.4, 0.5) is 5.82 Å². The van der Waals surface area contributed by atoms with Gasteiger partial charge in [-0.05, 0) is 41.1 Å². The molecule has 3 nitrogen and oxygen atoms in total. The number of hydrogen-bond donors (Lipinski definition) is 1. The van der Waals surface area contributed by atoms with Crippen LogP contribution in [-0.4, -0.2) is 16.5 Å². The molecule has 0 aromatic carbocycles. The van der Waals surface area contributed by atoms with Gasteiger partial charge >= 0.3 is 0 Å². The van der Waals surface area contributed by atoms with Crippen molar-refractivity contribution >= 4 is 21.7 Å². The Kier molecular flexibility index (Phi) is 5.57. The molecule has 1 aromatic rings. The maximum atomic E-state index is 4.60. The van der Waals surface area contributed by atoms with Gasteiger partial charge in [0.05, 0.1) is 10.2 Å². The zero-order valence-electron chi connectivity index (χ0n) is 12.1. The predicted molar refractivity (Wildman–Crippen MR) is 81.0 cm³/mol. The molecular formula is C14H24BrN3. The lowest BCUT2D eigenvalue weighted by atomic mass is 9.90. The third-order valence-electron chi connectivity index (χ3n) is 2.70. The molecule has 0 fully saturated rings. The van der Waals surface area contributed by atoms with Crippen LogP contribution in [-0.2, 0) is 6.42 Å². The normalized spacial score (nSPS) is 11.7. The average molecular weight is 314 g/mol. The van der Waals surface area contributed by atoms with E-state index in [4.69, 9.17) is 0 Å². The zero-order valence-corrected chi connectivity index (χ0v) is 13.7. The summed E-state index contributed by atoms with van der Waals surface area (Å²) in [5.41, 5.74) is 1.33. The third kappa shape index (κ3) is 4.92. The topological polar surface area (TPSA) is 37.8 Å². The van der Waals surface area contributed by atoms with Crippen LogP contribution in [0.5, 0.6) is 0 Å². The summed E-state index contributed by atoms with van der Waals surface area (Å²) in [4.78, 5) is 9.15. The highest BCUT2D eigenvalue weighted by atomic mass is 79.9. The predicted octanol–water partition coefficient (Wildman–Crippen LogP) is 4.35. The van der Waals surface area contributed by atoms with Gasteiger partial charge in [0, 0.05) is 13.0 Å². The summed E-state index contributed by atoms with van der Waals surface area (Å²) in [5.74, 6) is 1.86. The zero-order chi connectivity index (χ0) is 13.8. The number of nitrogens with zero attached hydrogens (tertiary/aromatic N) is 2. The molecule has 4 heteroatoms. The minimum Gasteiger partial charge on any atom is -0.369 e. The van der Waals surface area contributed by atoms with Gasteiger partial charge in [-0.15, -0.1) is 0 Å². The number of aryl methyl sites for hydroxylation is 2. The fourth-order valence-electron chi connectivity index (χ4n) is 1.58. The lowest BCUT2D eigenvalue weighted by Crippen LogP contribution is -2.11. The second kappa shape index (κ2) is 6.50. The van der Waals surface area contributed by atoms with Crippen LogP contribution >= 0.6 is 15.9 Å². The van der Waals surface area contributed by atoms with Gasteiger partial charge in [0.1, 0.15) is 11.6 Å². The molecule has 0 atom stereocenters. The van der Waals surface area contributed by atoms with Crippen molar-refractivity contribution in [1.82, 2.24) is 9.97 Å². The number of halogens is 1. The van der Waals surface area contributed by atoms with Crippen molar-refractivity contribution in [3.63, 3.8) is 0 Å². The first kappa shape index (κ1) is 15.4. The highest BCUT2D eigenvalue weighted by Crippen LogP contribution is 2.25. The molecule has 0 amide bonds. The molecule has 102 valence electrons. The van der Waals surface area contributed by atoms with E-state index in [1.165, 1.54) is 0 Å². The van der Waals surface area contributed by atoms with Gasteiger partial charge in [0.15, 0.2) is 0 Å². The summed E-state index contributed by atoms with van der Waals surface area (Å²) < 4.78 is 0.982. The molecule has 1 aromatic heterocycles. The van der Waals surface area contributed by atoms with E-state index in [1.807, 2.05) is 6.92 Å². The number of rotatable bonds is 5. The Bertz CT molecular complexity index is 397. The minimum absolute atomic E-state index is 0.321. The summed E-state index contributed by atoms with van der Waals surface area (Å²) in [6.07, 6.45) is 3.12. The van der Waals surface area contributed by atoms with Gasteiger partial charge in [-0.3, -0.25) is 0 Å². The first-order valence-corrected chi connectivity index (χ1v) is 7.39. The standard InChI is InChI=1S/C14H24BrN3/c1-6-9-16-13-12(15)10(2)17-11(18-13)7-8-14(3,4)5/h6-9H2,1-5H3,(H,16,17,18). The van der Waals surface area contributed by atoms with Crippen LogP contribution in [0.1, 0.15) is 52.1 Å². The van der Waals surface area contributed by atoms with Crippen molar-refractivity contribution in [2.75, 3.05) is 11.9 Å². The van der Waals surface area contributed by atoms with E-state index < -0.39 is 0 Å². The number of anilines is 1. The summed E-state index contributed by atoms with van der Waals surface area (Å²) in [6, 6.07) is 0. The second-order valence-electron chi connectivity index (χ2n) is 5.88. The van der Waals surface area contributed by atoms with Crippen molar-refractivity contribution < 1.29 is 0 Å². The van der Waals surface area contributed by atoms with Crippen molar-refractivity contribution in [2.45, 2.75) is 53.9 Å². The van der Waals surface area contributed by atoms with Gasteiger partial charge in [-0.1, -0.05) is 27.7 Å². The molecule has 0 saturated carbocycles. The molecule has 1 rings (SSSR count). The van der Waals surface area contributed by atoms with Gasteiger partial charge in [0.2, 0.25) is 0 Å². The SMILES string of the molecule is CCCNc1nc(CCC(C)(C)C)nc(C)c1Br. The molecule has 0 bridgehead atoms. The molecular weight excluding hydrogens is 290 g/mol. The average Bonchev–Trinajstić information content (AvgIpc) is 2.28. The molecule has 0 spiro atoms. The maximum absolute atomic E-state index is 4.60. The molecule has 0 aliphatic heterocycles. The molecule has 0 aliphatic rings. The monoisotopic (exact) mass is 313 g/mol. The summed E-state index contributed by atoms with van der Waals surface area (Å²) in [6.45, 7) is 11.8. The molecule has 0 aliphatic carbocycles. The Morgan fingerprint density at radius 3 is 2.44 bits per heavy atom. The van der Waals surface area contributed by atoms with Crippen LogP contribution in [0, 0.1) is 12.3 Å². The number of aromatic nitrogens is 2.